The normalized spacial score (nSPS) is 10.7. The molecule has 0 saturated carbocycles. The molecule has 0 fully saturated rings. The molecular formula is C29H25N3O6. The summed E-state index contributed by atoms with van der Waals surface area (Å²) in [7, 11) is 0. The summed E-state index contributed by atoms with van der Waals surface area (Å²) in [5, 5.41) is 6.81. The summed E-state index contributed by atoms with van der Waals surface area (Å²) in [6, 6.07) is 23.9. The molecule has 3 aromatic carbocycles. The molecular weight excluding hydrogens is 486 g/mol. The maximum absolute atomic E-state index is 12.5. The molecule has 9 heteroatoms. The van der Waals surface area contributed by atoms with Crippen molar-refractivity contribution < 1.29 is 28.3 Å². The lowest BCUT2D eigenvalue weighted by molar-refractivity contribution is -0.115. The Bertz CT molecular complexity index is 1410. The smallest absolute Gasteiger partial charge is 0.379 e. The predicted octanol–water partition coefficient (Wildman–Crippen LogP) is 4.84. The molecule has 2 N–H and O–H groups in total. The van der Waals surface area contributed by atoms with Gasteiger partial charge in [-0.2, -0.15) is 5.10 Å². The second-order valence-electron chi connectivity index (χ2n) is 7.99. The van der Waals surface area contributed by atoms with Crippen LogP contribution in [0.2, 0.25) is 0 Å². The third kappa shape index (κ3) is 7.17. The number of hydrazone groups is 1. The fourth-order valence-electron chi connectivity index (χ4n) is 3.42. The molecule has 0 unspecified atom stereocenters. The molecule has 0 saturated heterocycles. The topological polar surface area (TPSA) is 119 Å². The number of nitrogens with one attached hydrogen (secondary N) is 2. The van der Waals surface area contributed by atoms with Gasteiger partial charge in [0.1, 0.15) is 0 Å². The molecule has 1 heterocycles. The zero-order valence-corrected chi connectivity index (χ0v) is 20.5. The summed E-state index contributed by atoms with van der Waals surface area (Å²) in [6.45, 7) is 2.16. The van der Waals surface area contributed by atoms with Gasteiger partial charge >= 0.3 is 5.97 Å². The number of ether oxygens (including phenoxy) is 2. The molecule has 38 heavy (non-hydrogen) atoms. The van der Waals surface area contributed by atoms with Gasteiger partial charge in [0.25, 0.3) is 5.91 Å². The maximum Gasteiger partial charge on any atom is 0.379 e. The van der Waals surface area contributed by atoms with Gasteiger partial charge in [0.05, 0.1) is 25.5 Å². The Hall–Kier alpha value is -5.18. The van der Waals surface area contributed by atoms with Crippen molar-refractivity contribution in [1.82, 2.24) is 5.43 Å². The Morgan fingerprint density at radius 3 is 2.42 bits per heavy atom. The molecule has 4 aromatic rings. The Balaban J connectivity index is 1.32. The van der Waals surface area contributed by atoms with Crippen LogP contribution in [0.25, 0.3) is 0 Å². The predicted molar refractivity (Wildman–Crippen MR) is 142 cm³/mol. The van der Waals surface area contributed by atoms with Gasteiger partial charge in [-0.25, -0.2) is 10.2 Å². The number of nitrogens with zero attached hydrogens (tertiary/aromatic N) is 1. The van der Waals surface area contributed by atoms with E-state index in [9.17, 15) is 14.4 Å². The summed E-state index contributed by atoms with van der Waals surface area (Å²) in [4.78, 5) is 36.9. The third-order valence-electron chi connectivity index (χ3n) is 5.21. The highest BCUT2D eigenvalue weighted by Gasteiger charge is 2.15. The molecule has 0 radical (unpaired) electrons. The van der Waals surface area contributed by atoms with Crippen molar-refractivity contribution in [1.29, 1.82) is 0 Å². The van der Waals surface area contributed by atoms with Crippen LogP contribution in [-0.4, -0.2) is 30.6 Å². The second kappa shape index (κ2) is 12.7. The van der Waals surface area contributed by atoms with Crippen molar-refractivity contribution in [3.63, 3.8) is 0 Å². The number of rotatable bonds is 10. The van der Waals surface area contributed by atoms with E-state index in [2.05, 4.69) is 15.8 Å². The maximum atomic E-state index is 12.5. The van der Waals surface area contributed by atoms with E-state index in [1.165, 1.54) is 18.5 Å². The number of anilines is 1. The lowest BCUT2D eigenvalue weighted by Gasteiger charge is -2.10. The molecule has 0 aliphatic carbocycles. The molecule has 2 amide bonds. The van der Waals surface area contributed by atoms with E-state index < -0.39 is 11.9 Å². The molecule has 0 bridgehead atoms. The summed E-state index contributed by atoms with van der Waals surface area (Å²) in [5.74, 6) is -0.573. The van der Waals surface area contributed by atoms with Gasteiger partial charge in [-0.15, -0.1) is 0 Å². The number of amides is 2. The lowest BCUT2D eigenvalue weighted by atomic mass is 10.1. The second-order valence-corrected chi connectivity index (χ2v) is 7.99. The van der Waals surface area contributed by atoms with Crippen LogP contribution in [0.1, 0.15) is 39.0 Å². The highest BCUT2D eigenvalue weighted by molar-refractivity contribution is 5.96. The molecule has 9 nitrogen and oxygen atoms in total. The highest BCUT2D eigenvalue weighted by Crippen LogP contribution is 2.29. The molecule has 0 spiro atoms. The van der Waals surface area contributed by atoms with Gasteiger partial charge in [0, 0.05) is 11.3 Å². The molecule has 0 atom stereocenters. The number of carbonyl (C=O) groups excluding carboxylic acids is 3. The number of benzene rings is 3. The average molecular weight is 512 g/mol. The van der Waals surface area contributed by atoms with Crippen molar-refractivity contribution in [3.05, 3.63) is 114 Å². The Morgan fingerprint density at radius 2 is 1.71 bits per heavy atom. The lowest BCUT2D eigenvalue weighted by Crippen LogP contribution is -2.18. The quantitative estimate of drug-likeness (QED) is 0.136. The zero-order chi connectivity index (χ0) is 26.7. The Kier molecular flexibility index (Phi) is 8.64. The molecule has 0 aliphatic rings. The Morgan fingerprint density at radius 1 is 0.921 bits per heavy atom. The number of hydrogen-bond acceptors (Lipinski definition) is 7. The van der Waals surface area contributed by atoms with Crippen molar-refractivity contribution in [2.24, 2.45) is 5.10 Å². The van der Waals surface area contributed by atoms with E-state index in [1.807, 2.05) is 30.3 Å². The fraction of sp³-hybridized carbons (Fsp3) is 0.103. The van der Waals surface area contributed by atoms with E-state index in [-0.39, 0.29) is 23.8 Å². The van der Waals surface area contributed by atoms with Crippen LogP contribution in [-0.2, 0) is 11.2 Å². The van der Waals surface area contributed by atoms with Crippen LogP contribution < -0.4 is 20.2 Å². The van der Waals surface area contributed by atoms with Crippen molar-refractivity contribution in [3.8, 4) is 11.5 Å². The largest absolute Gasteiger partial charge is 0.490 e. The minimum atomic E-state index is -0.647. The molecule has 4 rings (SSSR count). The van der Waals surface area contributed by atoms with Gasteiger partial charge in [0.2, 0.25) is 11.7 Å². The SMILES string of the molecule is CCOc1cc(/C=N\NC(=O)c2ccc(NC(=O)Cc3ccccc3)cc2)ccc1OC(=O)c1ccco1. The summed E-state index contributed by atoms with van der Waals surface area (Å²) in [5.41, 5.74) is 4.95. The third-order valence-corrected chi connectivity index (χ3v) is 5.21. The van der Waals surface area contributed by atoms with E-state index in [4.69, 9.17) is 13.9 Å². The molecule has 192 valence electrons. The van der Waals surface area contributed by atoms with Crippen LogP contribution in [0.5, 0.6) is 11.5 Å². The van der Waals surface area contributed by atoms with E-state index >= 15 is 0 Å². The molecule has 0 aliphatic heterocycles. The molecule has 1 aromatic heterocycles. The van der Waals surface area contributed by atoms with Crippen LogP contribution in [0.4, 0.5) is 5.69 Å². The van der Waals surface area contributed by atoms with E-state index in [1.54, 1.807) is 55.5 Å². The van der Waals surface area contributed by atoms with E-state index in [0.717, 1.165) is 5.56 Å². The fourth-order valence-corrected chi connectivity index (χ4v) is 3.42. The van der Waals surface area contributed by atoms with Gasteiger partial charge in [0.15, 0.2) is 11.5 Å². The van der Waals surface area contributed by atoms with Gasteiger partial charge in [-0.1, -0.05) is 30.3 Å². The van der Waals surface area contributed by atoms with Crippen molar-refractivity contribution in [2.75, 3.05) is 11.9 Å². The highest BCUT2D eigenvalue weighted by atomic mass is 16.6. The minimum absolute atomic E-state index is 0.0726. The van der Waals surface area contributed by atoms with Gasteiger partial charge in [-0.05, 0) is 72.6 Å². The van der Waals surface area contributed by atoms with Gasteiger partial charge < -0.3 is 19.2 Å². The van der Waals surface area contributed by atoms with Crippen LogP contribution >= 0.6 is 0 Å². The number of carbonyl (C=O) groups is 3. The van der Waals surface area contributed by atoms with E-state index in [0.29, 0.717) is 29.2 Å². The van der Waals surface area contributed by atoms with Crippen LogP contribution in [0.3, 0.4) is 0 Å². The summed E-state index contributed by atoms with van der Waals surface area (Å²) < 4.78 is 16.0. The van der Waals surface area contributed by atoms with Crippen molar-refractivity contribution in [2.45, 2.75) is 13.3 Å². The standard InChI is InChI=1S/C29H25N3O6/c1-2-36-26-17-21(10-15-24(26)38-29(35)25-9-6-16-37-25)19-30-32-28(34)22-11-13-23(14-12-22)31-27(33)18-20-7-4-3-5-8-20/h3-17,19H,2,18H2,1H3,(H,31,33)(H,32,34)/b30-19-. The van der Waals surface area contributed by atoms with Crippen LogP contribution in [0.15, 0.2) is 101 Å². The first kappa shape index (κ1) is 25.9. The zero-order valence-electron chi connectivity index (χ0n) is 20.5. The van der Waals surface area contributed by atoms with Crippen molar-refractivity contribution >= 4 is 29.7 Å². The number of esters is 1. The number of furan rings is 1. The van der Waals surface area contributed by atoms with Gasteiger partial charge in [-0.3, -0.25) is 9.59 Å². The summed E-state index contributed by atoms with van der Waals surface area (Å²) >= 11 is 0. The Labute approximate surface area is 219 Å². The monoisotopic (exact) mass is 511 g/mol. The summed E-state index contributed by atoms with van der Waals surface area (Å²) in [6.07, 6.45) is 3.08. The first-order valence-corrected chi connectivity index (χ1v) is 11.8. The van der Waals surface area contributed by atoms with Crippen LogP contribution in [0, 0.1) is 0 Å². The average Bonchev–Trinajstić information content (AvgIpc) is 3.46. The first-order valence-electron chi connectivity index (χ1n) is 11.8. The number of hydrogen-bond donors (Lipinski definition) is 2. The first-order chi connectivity index (χ1) is 18.5. The minimum Gasteiger partial charge on any atom is -0.490 e.